The summed E-state index contributed by atoms with van der Waals surface area (Å²) in [6.45, 7) is 4.46. The first kappa shape index (κ1) is 19.7. The van der Waals surface area contributed by atoms with Crippen molar-refractivity contribution >= 4 is 5.91 Å². The SMILES string of the molecule is Cc1ccc(-n2ccnc2)c(C(=O)N2C3CC(C3)C(C)C2COc2ccc(F)cc2)n1. The van der Waals surface area contributed by atoms with Crippen molar-refractivity contribution in [2.45, 2.75) is 38.8 Å². The second kappa shape index (κ2) is 7.80. The van der Waals surface area contributed by atoms with Gasteiger partial charge in [-0.05, 0) is 68.0 Å². The molecule has 3 aromatic rings. The van der Waals surface area contributed by atoms with Crippen LogP contribution in [-0.4, -0.2) is 44.0 Å². The number of carbonyl (C=O) groups is 1. The van der Waals surface area contributed by atoms with E-state index < -0.39 is 0 Å². The van der Waals surface area contributed by atoms with Gasteiger partial charge < -0.3 is 14.2 Å². The maximum Gasteiger partial charge on any atom is 0.275 e. The summed E-state index contributed by atoms with van der Waals surface area (Å²) in [4.78, 5) is 24.6. The van der Waals surface area contributed by atoms with E-state index in [1.54, 1.807) is 24.7 Å². The molecule has 6 rings (SSSR count). The van der Waals surface area contributed by atoms with Gasteiger partial charge in [0.15, 0.2) is 5.69 Å². The molecule has 160 valence electrons. The predicted octanol–water partition coefficient (Wildman–Crippen LogP) is 4.03. The van der Waals surface area contributed by atoms with E-state index in [0.717, 1.165) is 24.2 Å². The number of fused-ring (bicyclic) bond motifs is 2. The van der Waals surface area contributed by atoms with Crippen molar-refractivity contribution in [3.8, 4) is 11.4 Å². The van der Waals surface area contributed by atoms with Crippen LogP contribution in [0.25, 0.3) is 5.69 Å². The van der Waals surface area contributed by atoms with Gasteiger partial charge >= 0.3 is 0 Å². The Morgan fingerprint density at radius 3 is 2.68 bits per heavy atom. The highest BCUT2D eigenvalue weighted by atomic mass is 19.1. The summed E-state index contributed by atoms with van der Waals surface area (Å²) >= 11 is 0. The molecule has 7 heteroatoms. The van der Waals surface area contributed by atoms with Gasteiger partial charge in [0.2, 0.25) is 0 Å². The van der Waals surface area contributed by atoms with Crippen LogP contribution in [0.5, 0.6) is 5.75 Å². The number of amides is 1. The van der Waals surface area contributed by atoms with Crippen molar-refractivity contribution < 1.29 is 13.9 Å². The zero-order valence-electron chi connectivity index (χ0n) is 17.6. The Hall–Kier alpha value is -3.22. The Balaban J connectivity index is 1.45. The van der Waals surface area contributed by atoms with Gasteiger partial charge in [-0.15, -0.1) is 0 Å². The van der Waals surface area contributed by atoms with Crippen molar-refractivity contribution in [1.29, 1.82) is 0 Å². The lowest BCUT2D eigenvalue weighted by atomic mass is 9.64. The molecule has 31 heavy (non-hydrogen) atoms. The molecule has 0 spiro atoms. The van der Waals surface area contributed by atoms with Crippen LogP contribution in [0.1, 0.15) is 35.9 Å². The van der Waals surface area contributed by atoms with Crippen molar-refractivity contribution in [1.82, 2.24) is 19.4 Å². The zero-order chi connectivity index (χ0) is 21.5. The number of imidazole rings is 1. The molecule has 3 fully saturated rings. The first-order valence-corrected chi connectivity index (χ1v) is 10.7. The Labute approximate surface area is 180 Å². The molecule has 2 saturated heterocycles. The van der Waals surface area contributed by atoms with Crippen molar-refractivity contribution in [3.05, 3.63) is 72.3 Å². The van der Waals surface area contributed by atoms with E-state index in [2.05, 4.69) is 16.9 Å². The minimum Gasteiger partial charge on any atom is -0.491 e. The van der Waals surface area contributed by atoms with Gasteiger partial charge in [0.05, 0.1) is 18.1 Å². The summed E-state index contributed by atoms with van der Waals surface area (Å²) in [5.74, 6) is 1.16. The Bertz CT molecular complexity index is 1080. The molecular formula is C24H25FN4O2. The normalized spacial score (nSPS) is 24.5. The summed E-state index contributed by atoms with van der Waals surface area (Å²) in [5.41, 5.74) is 1.95. The lowest BCUT2D eigenvalue weighted by Gasteiger charge is -2.57. The Morgan fingerprint density at radius 2 is 1.97 bits per heavy atom. The molecule has 2 atom stereocenters. The number of nitrogens with zero attached hydrogens (tertiary/aromatic N) is 4. The van der Waals surface area contributed by atoms with Crippen LogP contribution in [0.2, 0.25) is 0 Å². The topological polar surface area (TPSA) is 60.2 Å². The second-order valence-electron chi connectivity index (χ2n) is 8.58. The summed E-state index contributed by atoms with van der Waals surface area (Å²) in [6.07, 6.45) is 7.22. The fourth-order valence-electron chi connectivity index (χ4n) is 4.82. The van der Waals surface area contributed by atoms with Crippen molar-refractivity contribution in [2.75, 3.05) is 6.61 Å². The van der Waals surface area contributed by atoms with E-state index in [4.69, 9.17) is 4.74 Å². The van der Waals surface area contributed by atoms with Crippen LogP contribution in [0.4, 0.5) is 4.39 Å². The minimum atomic E-state index is -0.297. The van der Waals surface area contributed by atoms with E-state index in [1.807, 2.05) is 34.7 Å². The van der Waals surface area contributed by atoms with Gasteiger partial charge in [-0.3, -0.25) is 4.79 Å². The van der Waals surface area contributed by atoms with Gasteiger partial charge in [-0.2, -0.15) is 0 Å². The average molecular weight is 420 g/mol. The average Bonchev–Trinajstić information content (AvgIpc) is 3.27. The molecule has 1 amide bonds. The lowest BCUT2D eigenvalue weighted by molar-refractivity contribution is -0.0673. The smallest absolute Gasteiger partial charge is 0.275 e. The number of aromatic nitrogens is 3. The predicted molar refractivity (Wildman–Crippen MR) is 114 cm³/mol. The number of carbonyl (C=O) groups excluding carboxylic acids is 1. The first-order valence-electron chi connectivity index (χ1n) is 10.7. The minimum absolute atomic E-state index is 0.0620. The first-order chi connectivity index (χ1) is 15.0. The number of hydrogen-bond acceptors (Lipinski definition) is 4. The zero-order valence-corrected chi connectivity index (χ0v) is 17.6. The number of piperidine rings is 2. The monoisotopic (exact) mass is 420 g/mol. The third-order valence-electron chi connectivity index (χ3n) is 6.72. The van der Waals surface area contributed by atoms with Crippen LogP contribution >= 0.6 is 0 Å². The summed E-state index contributed by atoms with van der Waals surface area (Å²) < 4.78 is 21.0. The molecule has 4 heterocycles. The van der Waals surface area contributed by atoms with Gasteiger partial charge in [-0.25, -0.2) is 14.4 Å². The quantitative estimate of drug-likeness (QED) is 0.625. The van der Waals surface area contributed by atoms with E-state index in [1.165, 1.54) is 12.1 Å². The highest BCUT2D eigenvalue weighted by Gasteiger charge is 2.51. The molecule has 1 saturated carbocycles. The fraction of sp³-hybridized carbons (Fsp3) is 0.375. The van der Waals surface area contributed by atoms with E-state index >= 15 is 0 Å². The molecular weight excluding hydrogens is 395 g/mol. The van der Waals surface area contributed by atoms with Crippen LogP contribution in [0, 0.1) is 24.6 Å². The van der Waals surface area contributed by atoms with Gasteiger partial charge in [0, 0.05) is 24.1 Å². The molecule has 2 unspecified atom stereocenters. The van der Waals surface area contributed by atoms with Crippen LogP contribution < -0.4 is 4.74 Å². The Kier molecular flexibility index (Phi) is 4.96. The van der Waals surface area contributed by atoms with E-state index in [0.29, 0.717) is 29.9 Å². The molecule has 6 nitrogen and oxygen atoms in total. The highest BCUT2D eigenvalue weighted by Crippen LogP contribution is 2.47. The Morgan fingerprint density at radius 1 is 1.19 bits per heavy atom. The number of hydrogen-bond donors (Lipinski definition) is 0. The second-order valence-corrected chi connectivity index (χ2v) is 8.58. The van der Waals surface area contributed by atoms with Gasteiger partial charge in [-0.1, -0.05) is 6.92 Å². The van der Waals surface area contributed by atoms with E-state index in [9.17, 15) is 9.18 Å². The third-order valence-corrected chi connectivity index (χ3v) is 6.72. The number of halogens is 1. The van der Waals surface area contributed by atoms with E-state index in [-0.39, 0.29) is 23.8 Å². The molecule has 1 aliphatic carbocycles. The lowest BCUT2D eigenvalue weighted by Crippen LogP contribution is -2.64. The summed E-state index contributed by atoms with van der Waals surface area (Å²) in [7, 11) is 0. The summed E-state index contributed by atoms with van der Waals surface area (Å²) in [6, 6.07) is 9.96. The molecule has 1 aromatic carbocycles. The number of pyridine rings is 1. The molecule has 2 aliphatic heterocycles. The van der Waals surface area contributed by atoms with Crippen LogP contribution in [-0.2, 0) is 0 Å². The fourth-order valence-corrected chi connectivity index (χ4v) is 4.82. The van der Waals surface area contributed by atoms with Crippen LogP contribution in [0.3, 0.4) is 0 Å². The maximum absolute atomic E-state index is 13.8. The third kappa shape index (κ3) is 3.58. The summed E-state index contributed by atoms with van der Waals surface area (Å²) in [5, 5.41) is 0. The number of rotatable bonds is 5. The standard InChI is InChI=1S/C24H25FN4O2/c1-15-3-8-21(28-10-9-26-14-28)23(27-15)24(30)29-19-11-17(12-19)16(2)22(29)13-31-20-6-4-18(25)5-7-20/h3-10,14,16-17,19,22H,11-13H2,1-2H3. The van der Waals surface area contributed by atoms with Crippen LogP contribution in [0.15, 0.2) is 55.1 Å². The largest absolute Gasteiger partial charge is 0.491 e. The molecule has 2 bridgehead atoms. The molecule has 0 N–H and O–H groups in total. The van der Waals surface area contributed by atoms with Crippen molar-refractivity contribution in [2.24, 2.45) is 11.8 Å². The number of ether oxygens (including phenoxy) is 1. The molecule has 2 aromatic heterocycles. The maximum atomic E-state index is 13.8. The molecule has 0 radical (unpaired) electrons. The van der Waals surface area contributed by atoms with Crippen molar-refractivity contribution in [3.63, 3.8) is 0 Å². The number of aryl methyl sites for hydroxylation is 1. The number of benzene rings is 1. The molecule has 3 aliphatic rings. The van der Waals surface area contributed by atoms with Gasteiger partial charge in [0.25, 0.3) is 5.91 Å². The van der Waals surface area contributed by atoms with Gasteiger partial charge in [0.1, 0.15) is 18.2 Å². The highest BCUT2D eigenvalue weighted by molar-refractivity contribution is 5.96.